The monoisotopic (exact) mass is 216 g/mol. The summed E-state index contributed by atoms with van der Waals surface area (Å²) >= 11 is 0. The third-order valence-electron chi connectivity index (χ3n) is 2.89. The molecule has 16 heavy (non-hydrogen) atoms. The van der Waals surface area contributed by atoms with Gasteiger partial charge in [-0.15, -0.1) is 0 Å². The minimum absolute atomic E-state index is 0.114. The van der Waals surface area contributed by atoms with Crippen molar-refractivity contribution in [2.45, 2.75) is 19.3 Å². The highest BCUT2D eigenvalue weighted by molar-refractivity contribution is 5.45. The molecule has 0 spiro atoms. The molecule has 0 unspecified atom stereocenters. The van der Waals surface area contributed by atoms with E-state index >= 15 is 0 Å². The van der Waals surface area contributed by atoms with Gasteiger partial charge in [0.1, 0.15) is 12.4 Å². The predicted octanol–water partition coefficient (Wildman–Crippen LogP) is 2.21. The van der Waals surface area contributed by atoms with Gasteiger partial charge in [0.15, 0.2) is 0 Å². The second-order valence-electron chi connectivity index (χ2n) is 4.06. The summed E-state index contributed by atoms with van der Waals surface area (Å²) in [6.45, 7) is 0.675. The van der Waals surface area contributed by atoms with Crippen LogP contribution in [0.5, 0.6) is 5.75 Å². The first-order valence-electron chi connectivity index (χ1n) is 5.71. The Balaban J connectivity index is 2.00. The van der Waals surface area contributed by atoms with Crippen molar-refractivity contribution < 1.29 is 9.84 Å². The van der Waals surface area contributed by atoms with E-state index in [1.807, 2.05) is 24.3 Å². The van der Waals surface area contributed by atoms with Crippen LogP contribution in [-0.4, -0.2) is 18.3 Å². The van der Waals surface area contributed by atoms with Crippen molar-refractivity contribution in [2.75, 3.05) is 13.2 Å². The molecule has 84 valence electrons. The third-order valence-corrected chi connectivity index (χ3v) is 2.89. The summed E-state index contributed by atoms with van der Waals surface area (Å²) in [5.74, 6) is 7.09. The van der Waals surface area contributed by atoms with Crippen molar-refractivity contribution in [3.63, 3.8) is 0 Å². The van der Waals surface area contributed by atoms with E-state index in [-0.39, 0.29) is 6.61 Å². The van der Waals surface area contributed by atoms with Gasteiger partial charge in [-0.2, -0.15) is 0 Å². The summed E-state index contributed by atoms with van der Waals surface area (Å²) in [4.78, 5) is 0. The van der Waals surface area contributed by atoms with Crippen LogP contribution in [0.15, 0.2) is 24.3 Å². The van der Waals surface area contributed by atoms with Crippen molar-refractivity contribution in [1.29, 1.82) is 0 Å². The Kier molecular flexibility index (Phi) is 3.85. The zero-order valence-electron chi connectivity index (χ0n) is 9.28. The number of benzene rings is 1. The molecule has 0 atom stereocenters. The van der Waals surface area contributed by atoms with Crippen LogP contribution in [0, 0.1) is 17.8 Å². The molecule has 0 radical (unpaired) electrons. The van der Waals surface area contributed by atoms with Crippen LogP contribution < -0.4 is 4.74 Å². The van der Waals surface area contributed by atoms with Gasteiger partial charge in [-0.05, 0) is 30.9 Å². The molecule has 1 aromatic carbocycles. The van der Waals surface area contributed by atoms with Crippen LogP contribution in [0.4, 0.5) is 0 Å². The lowest BCUT2D eigenvalue weighted by atomic mass is 9.86. The van der Waals surface area contributed by atoms with Gasteiger partial charge in [0.2, 0.25) is 0 Å². The average Bonchev–Trinajstić information content (AvgIpc) is 2.26. The van der Waals surface area contributed by atoms with Gasteiger partial charge in [0.05, 0.1) is 12.2 Å². The van der Waals surface area contributed by atoms with Crippen molar-refractivity contribution >= 4 is 0 Å². The highest BCUT2D eigenvalue weighted by Gasteiger charge is 2.18. The minimum Gasteiger partial charge on any atom is -0.492 e. The molecule has 1 aliphatic rings. The van der Waals surface area contributed by atoms with Crippen molar-refractivity contribution in [1.82, 2.24) is 0 Å². The molecule has 0 aromatic heterocycles. The number of ether oxygens (including phenoxy) is 1. The van der Waals surface area contributed by atoms with Gasteiger partial charge < -0.3 is 9.84 Å². The van der Waals surface area contributed by atoms with Crippen LogP contribution in [0.2, 0.25) is 0 Å². The van der Waals surface area contributed by atoms with Gasteiger partial charge >= 0.3 is 0 Å². The van der Waals surface area contributed by atoms with Gasteiger partial charge in [0, 0.05) is 0 Å². The first-order valence-corrected chi connectivity index (χ1v) is 5.71. The average molecular weight is 216 g/mol. The summed E-state index contributed by atoms with van der Waals surface area (Å²) in [6.07, 6.45) is 3.90. The largest absolute Gasteiger partial charge is 0.492 e. The lowest BCUT2D eigenvalue weighted by Crippen LogP contribution is -2.19. The zero-order valence-corrected chi connectivity index (χ0v) is 9.28. The fourth-order valence-corrected chi connectivity index (χ4v) is 1.70. The Morgan fingerprint density at radius 3 is 2.81 bits per heavy atom. The number of aliphatic hydroxyl groups excluding tert-OH is 1. The molecular formula is C14H16O2. The van der Waals surface area contributed by atoms with Crippen LogP contribution in [-0.2, 0) is 0 Å². The maximum absolute atomic E-state index is 8.67. The summed E-state index contributed by atoms with van der Waals surface area (Å²) in [6, 6.07) is 7.72. The Morgan fingerprint density at radius 1 is 1.31 bits per heavy atom. The molecule has 0 bridgehead atoms. The first-order chi connectivity index (χ1) is 7.90. The van der Waals surface area contributed by atoms with E-state index in [1.165, 1.54) is 19.3 Å². The SMILES string of the molecule is OCC#Cc1ccccc1OCC1CCC1. The molecule has 0 amide bonds. The Hall–Kier alpha value is -1.46. The van der Waals surface area contributed by atoms with Gasteiger partial charge in [-0.25, -0.2) is 0 Å². The van der Waals surface area contributed by atoms with E-state index in [0.29, 0.717) is 0 Å². The predicted molar refractivity (Wildman–Crippen MR) is 63.2 cm³/mol. The number of hydrogen-bond donors (Lipinski definition) is 1. The smallest absolute Gasteiger partial charge is 0.134 e. The van der Waals surface area contributed by atoms with Crippen molar-refractivity contribution in [2.24, 2.45) is 5.92 Å². The maximum Gasteiger partial charge on any atom is 0.134 e. The van der Waals surface area contributed by atoms with E-state index in [2.05, 4.69) is 11.8 Å². The number of aliphatic hydroxyl groups is 1. The molecule has 1 aromatic rings. The highest BCUT2D eigenvalue weighted by atomic mass is 16.5. The first kappa shape index (κ1) is 11.0. The zero-order chi connectivity index (χ0) is 11.2. The molecule has 2 heteroatoms. The van der Waals surface area contributed by atoms with Crippen LogP contribution in [0.1, 0.15) is 24.8 Å². The van der Waals surface area contributed by atoms with Crippen molar-refractivity contribution in [3.05, 3.63) is 29.8 Å². The second kappa shape index (κ2) is 5.58. The Bertz CT molecular complexity index is 397. The molecule has 2 nitrogen and oxygen atoms in total. The van der Waals surface area contributed by atoms with Gasteiger partial charge in [0.25, 0.3) is 0 Å². The summed E-state index contributed by atoms with van der Waals surface area (Å²) in [5, 5.41) is 8.67. The van der Waals surface area contributed by atoms with Crippen molar-refractivity contribution in [3.8, 4) is 17.6 Å². The quantitative estimate of drug-likeness (QED) is 0.785. The summed E-state index contributed by atoms with van der Waals surface area (Å²) in [7, 11) is 0. The van der Waals surface area contributed by atoms with E-state index in [1.54, 1.807) is 0 Å². The molecular weight excluding hydrogens is 200 g/mol. The van der Waals surface area contributed by atoms with Crippen LogP contribution >= 0.6 is 0 Å². The molecule has 1 N–H and O–H groups in total. The van der Waals surface area contributed by atoms with Crippen LogP contribution in [0.3, 0.4) is 0 Å². The molecule has 0 saturated heterocycles. The number of rotatable bonds is 3. The van der Waals surface area contributed by atoms with E-state index in [4.69, 9.17) is 9.84 Å². The minimum atomic E-state index is -0.114. The molecule has 0 heterocycles. The second-order valence-corrected chi connectivity index (χ2v) is 4.06. The molecule has 1 aliphatic carbocycles. The highest BCUT2D eigenvalue weighted by Crippen LogP contribution is 2.27. The molecule has 1 saturated carbocycles. The maximum atomic E-state index is 8.67. The lowest BCUT2D eigenvalue weighted by molar-refractivity contribution is 0.180. The van der Waals surface area contributed by atoms with Gasteiger partial charge in [-0.3, -0.25) is 0 Å². The lowest BCUT2D eigenvalue weighted by Gasteiger charge is -2.25. The summed E-state index contributed by atoms with van der Waals surface area (Å²) < 4.78 is 5.75. The molecule has 0 aliphatic heterocycles. The van der Waals surface area contributed by atoms with Gasteiger partial charge in [-0.1, -0.05) is 30.4 Å². The summed E-state index contributed by atoms with van der Waals surface area (Å²) in [5.41, 5.74) is 0.857. The number of para-hydroxylation sites is 1. The normalized spacial score (nSPS) is 14.8. The Labute approximate surface area is 96.3 Å². The fraction of sp³-hybridized carbons (Fsp3) is 0.429. The van der Waals surface area contributed by atoms with E-state index in [0.717, 1.165) is 23.8 Å². The van der Waals surface area contributed by atoms with E-state index in [9.17, 15) is 0 Å². The number of hydrogen-bond acceptors (Lipinski definition) is 2. The van der Waals surface area contributed by atoms with Crippen LogP contribution in [0.25, 0.3) is 0 Å². The Morgan fingerprint density at radius 2 is 2.12 bits per heavy atom. The molecule has 2 rings (SSSR count). The van der Waals surface area contributed by atoms with E-state index < -0.39 is 0 Å². The topological polar surface area (TPSA) is 29.5 Å². The third kappa shape index (κ3) is 2.77. The standard InChI is InChI=1S/C14H16O2/c15-10-4-8-13-7-1-2-9-14(13)16-11-12-5-3-6-12/h1-2,7,9,12,15H,3,5-6,10-11H2. The molecule has 1 fully saturated rings. The fourth-order valence-electron chi connectivity index (χ4n) is 1.70.